The molecule has 0 aromatic heterocycles. The van der Waals surface area contributed by atoms with E-state index in [1.165, 1.54) is 31.8 Å². The van der Waals surface area contributed by atoms with Gasteiger partial charge >= 0.3 is 17.9 Å². The fourth-order valence-electron chi connectivity index (χ4n) is 4.98. The molecule has 11 heteroatoms. The van der Waals surface area contributed by atoms with Crippen LogP contribution in [0, 0.1) is 0 Å². The number of quaternary nitrogens is 2. The lowest BCUT2D eigenvalue weighted by molar-refractivity contribution is -0.870. The van der Waals surface area contributed by atoms with Gasteiger partial charge in [0, 0.05) is 6.08 Å². The van der Waals surface area contributed by atoms with Gasteiger partial charge in [0.25, 0.3) is 0 Å². The molecular weight excluding hydrogens is 676 g/mol. The number of esters is 3. The molecule has 0 spiro atoms. The van der Waals surface area contributed by atoms with Gasteiger partial charge < -0.3 is 37.4 Å². The number of nitrogens with zero attached hydrogens (tertiary/aromatic N) is 2. The van der Waals surface area contributed by atoms with Crippen molar-refractivity contribution in [1.82, 2.24) is 0 Å². The van der Waals surface area contributed by atoms with Crippen LogP contribution in [0.3, 0.4) is 0 Å². The van der Waals surface area contributed by atoms with Gasteiger partial charge in [-0.3, -0.25) is 0 Å². The molecule has 0 aliphatic rings. The number of hydrogen-bond acceptors (Lipinski definition) is 9. The Morgan fingerprint density at radius 1 is 0.509 bits per heavy atom. The minimum absolute atomic E-state index is 0.208. The summed E-state index contributed by atoms with van der Waals surface area (Å²) in [5.74, 6) is 0.666. The lowest BCUT2D eigenvalue weighted by Gasteiger charge is -2.25. The second kappa shape index (κ2) is 25.0. The van der Waals surface area contributed by atoms with E-state index in [1.807, 2.05) is 0 Å². The number of carbonyl (C=O) groups excluding carboxylic acids is 3. The van der Waals surface area contributed by atoms with Crippen LogP contribution in [0.5, 0.6) is 17.2 Å². The van der Waals surface area contributed by atoms with E-state index in [-0.39, 0.29) is 19.2 Å². The average molecular weight is 743 g/mol. The van der Waals surface area contributed by atoms with Gasteiger partial charge in [0.1, 0.15) is 32.1 Å². The molecule has 0 fully saturated rings. The zero-order chi connectivity index (χ0) is 39.0. The SMILES string of the molecule is C=CC(=O)OCCCCCCCCCCCOc1ccc(C(=O)OCCCCOC(=O)c2ccc(OCC[N+](C)(C)C)c(OCC[N+](C)(C)C)c2)cc1. The zero-order valence-electron chi connectivity index (χ0n) is 33.3. The van der Waals surface area contributed by atoms with Crippen molar-refractivity contribution in [3.05, 3.63) is 66.2 Å². The van der Waals surface area contributed by atoms with Gasteiger partial charge in [-0.2, -0.15) is 0 Å². The Balaban J connectivity index is 1.60. The highest BCUT2D eigenvalue weighted by Gasteiger charge is 2.16. The third kappa shape index (κ3) is 21.9. The van der Waals surface area contributed by atoms with Gasteiger partial charge in [-0.15, -0.1) is 0 Å². The fourth-order valence-corrected chi connectivity index (χ4v) is 4.98. The largest absolute Gasteiger partial charge is 0.494 e. The fraction of sp³-hybridized carbons (Fsp3) is 0.595. The Morgan fingerprint density at radius 2 is 0.943 bits per heavy atom. The van der Waals surface area contributed by atoms with Crippen LogP contribution in [0.25, 0.3) is 0 Å². The van der Waals surface area contributed by atoms with Crippen LogP contribution >= 0.6 is 0 Å². The zero-order valence-corrected chi connectivity index (χ0v) is 33.3. The summed E-state index contributed by atoms with van der Waals surface area (Å²) in [4.78, 5) is 36.3. The summed E-state index contributed by atoms with van der Waals surface area (Å²) in [5.41, 5.74) is 0.857. The van der Waals surface area contributed by atoms with Gasteiger partial charge in [0.2, 0.25) is 0 Å². The molecular formula is C42H66N2O9+2. The molecule has 0 unspecified atom stereocenters. The summed E-state index contributed by atoms with van der Waals surface area (Å²) >= 11 is 0. The van der Waals surface area contributed by atoms with Crippen LogP contribution in [0.2, 0.25) is 0 Å². The molecule has 0 aliphatic carbocycles. The van der Waals surface area contributed by atoms with Gasteiger partial charge in [-0.25, -0.2) is 14.4 Å². The average Bonchev–Trinajstić information content (AvgIpc) is 3.11. The van der Waals surface area contributed by atoms with Crippen molar-refractivity contribution < 1.29 is 51.8 Å². The third-order valence-corrected chi connectivity index (χ3v) is 8.28. The van der Waals surface area contributed by atoms with Gasteiger partial charge in [0.05, 0.1) is 79.8 Å². The normalized spacial score (nSPS) is 11.4. The first-order valence-electron chi connectivity index (χ1n) is 19.1. The highest BCUT2D eigenvalue weighted by molar-refractivity contribution is 5.90. The van der Waals surface area contributed by atoms with E-state index in [9.17, 15) is 14.4 Å². The van der Waals surface area contributed by atoms with Crippen LogP contribution in [0.15, 0.2) is 55.1 Å². The maximum atomic E-state index is 12.8. The molecule has 2 rings (SSSR count). The first kappa shape index (κ1) is 45.1. The smallest absolute Gasteiger partial charge is 0.338 e. The number of ether oxygens (including phenoxy) is 6. The van der Waals surface area contributed by atoms with Crippen molar-refractivity contribution in [2.45, 2.75) is 70.6 Å². The van der Waals surface area contributed by atoms with Crippen molar-refractivity contribution in [2.75, 3.05) is 95.0 Å². The maximum Gasteiger partial charge on any atom is 0.338 e. The minimum atomic E-state index is -0.441. The molecule has 0 heterocycles. The van der Waals surface area contributed by atoms with Crippen molar-refractivity contribution in [1.29, 1.82) is 0 Å². The Bertz CT molecular complexity index is 1360. The van der Waals surface area contributed by atoms with E-state index < -0.39 is 11.9 Å². The number of hydrogen-bond donors (Lipinski definition) is 0. The Labute approximate surface area is 318 Å². The standard InChI is InChI=1S/C42H66N2O9/c1-8-40(45)51-29-17-15-13-11-9-10-12-14-16-28-48-37-23-20-35(21-24-37)41(46)52-30-18-19-31-53-42(47)36-22-25-38(49-32-26-43(2,3)4)39(34-36)50-33-27-44(5,6)7/h8,20-25,34H,1,9-19,26-33H2,2-7H3/q+2. The first-order valence-corrected chi connectivity index (χ1v) is 19.1. The molecule has 0 amide bonds. The van der Waals surface area contributed by atoms with E-state index in [0.29, 0.717) is 61.9 Å². The number of carbonyl (C=O) groups is 3. The molecule has 11 nitrogen and oxygen atoms in total. The van der Waals surface area contributed by atoms with Crippen LogP contribution in [-0.2, 0) is 19.0 Å². The van der Waals surface area contributed by atoms with Crippen LogP contribution in [0.1, 0.15) is 91.3 Å². The Hall–Kier alpha value is -4.09. The highest BCUT2D eigenvalue weighted by atomic mass is 16.5. The van der Waals surface area contributed by atoms with Crippen molar-refractivity contribution in [3.63, 3.8) is 0 Å². The van der Waals surface area contributed by atoms with Crippen LogP contribution in [0.4, 0.5) is 0 Å². The summed E-state index contributed by atoms with van der Waals surface area (Å²) in [6, 6.07) is 12.1. The van der Waals surface area contributed by atoms with E-state index in [1.54, 1.807) is 42.5 Å². The molecule has 0 radical (unpaired) electrons. The van der Waals surface area contributed by atoms with Crippen LogP contribution < -0.4 is 14.2 Å². The Morgan fingerprint density at radius 3 is 1.47 bits per heavy atom. The van der Waals surface area contributed by atoms with E-state index >= 15 is 0 Å². The predicted molar refractivity (Wildman–Crippen MR) is 208 cm³/mol. The molecule has 2 aromatic rings. The van der Waals surface area contributed by atoms with Gasteiger partial charge in [-0.05, 0) is 68.1 Å². The van der Waals surface area contributed by atoms with E-state index in [4.69, 9.17) is 28.4 Å². The molecule has 0 N–H and O–H groups in total. The van der Waals surface area contributed by atoms with Crippen LogP contribution in [-0.4, -0.2) is 122 Å². The second-order valence-electron chi connectivity index (χ2n) is 15.3. The minimum Gasteiger partial charge on any atom is -0.494 e. The summed E-state index contributed by atoms with van der Waals surface area (Å²) < 4.78 is 35.3. The molecule has 53 heavy (non-hydrogen) atoms. The molecule has 2 aromatic carbocycles. The number of likely N-dealkylation sites (N-methyl/N-ethyl adjacent to an activating group) is 2. The monoisotopic (exact) mass is 742 g/mol. The maximum absolute atomic E-state index is 12.8. The summed E-state index contributed by atoms with van der Waals surface area (Å²) in [6.45, 7) is 7.56. The van der Waals surface area contributed by atoms with Crippen molar-refractivity contribution in [2.24, 2.45) is 0 Å². The lowest BCUT2D eigenvalue weighted by atomic mass is 10.1. The van der Waals surface area contributed by atoms with E-state index in [0.717, 1.165) is 59.9 Å². The summed E-state index contributed by atoms with van der Waals surface area (Å²) in [5, 5.41) is 0. The molecule has 0 saturated carbocycles. The number of benzene rings is 2. The third-order valence-electron chi connectivity index (χ3n) is 8.28. The summed E-state index contributed by atoms with van der Waals surface area (Å²) in [7, 11) is 12.6. The topological polar surface area (TPSA) is 107 Å². The second-order valence-corrected chi connectivity index (χ2v) is 15.3. The summed E-state index contributed by atoms with van der Waals surface area (Å²) in [6.07, 6.45) is 12.4. The Kier molecular flexibility index (Phi) is 21.3. The predicted octanol–water partition coefficient (Wildman–Crippen LogP) is 7.27. The lowest BCUT2D eigenvalue weighted by Crippen LogP contribution is -2.38. The van der Waals surface area contributed by atoms with Crippen molar-refractivity contribution in [3.8, 4) is 17.2 Å². The first-order chi connectivity index (χ1) is 25.3. The quantitative estimate of drug-likeness (QED) is 0.0280. The van der Waals surface area contributed by atoms with Gasteiger partial charge in [0.15, 0.2) is 11.5 Å². The molecule has 0 aliphatic heterocycles. The highest BCUT2D eigenvalue weighted by Crippen LogP contribution is 2.29. The van der Waals surface area contributed by atoms with Crippen molar-refractivity contribution >= 4 is 17.9 Å². The number of rotatable bonds is 29. The molecule has 296 valence electrons. The van der Waals surface area contributed by atoms with E-state index in [2.05, 4.69) is 48.9 Å². The molecule has 0 saturated heterocycles. The number of unbranched alkanes of at least 4 members (excludes halogenated alkanes) is 9. The molecule has 0 atom stereocenters. The van der Waals surface area contributed by atoms with Gasteiger partial charge in [-0.1, -0.05) is 51.5 Å². The molecule has 0 bridgehead atoms.